The Balaban J connectivity index is 1.93. The summed E-state index contributed by atoms with van der Waals surface area (Å²) in [5.41, 5.74) is 1.81. The van der Waals surface area contributed by atoms with Crippen molar-refractivity contribution in [1.29, 1.82) is 0 Å². The van der Waals surface area contributed by atoms with E-state index in [1.165, 1.54) is 18.2 Å². The SMILES string of the molecule is Fc1ccc(C2Cc3cc(F)cc(F)c3N2)cc1. The molecule has 1 atom stereocenters. The maximum absolute atomic E-state index is 13.5. The van der Waals surface area contributed by atoms with E-state index in [9.17, 15) is 13.2 Å². The molecule has 2 aromatic rings. The summed E-state index contributed by atoms with van der Waals surface area (Å²) in [6, 6.07) is 8.05. The van der Waals surface area contributed by atoms with Crippen molar-refractivity contribution in [3.63, 3.8) is 0 Å². The maximum Gasteiger partial charge on any atom is 0.149 e. The molecule has 92 valence electrons. The van der Waals surface area contributed by atoms with E-state index in [4.69, 9.17) is 0 Å². The Morgan fingerprint density at radius 1 is 0.944 bits per heavy atom. The maximum atomic E-state index is 13.5. The summed E-state index contributed by atoms with van der Waals surface area (Å²) >= 11 is 0. The van der Waals surface area contributed by atoms with Gasteiger partial charge in [-0.3, -0.25) is 0 Å². The minimum Gasteiger partial charge on any atom is -0.375 e. The van der Waals surface area contributed by atoms with Gasteiger partial charge in [0, 0.05) is 6.07 Å². The fraction of sp³-hybridized carbons (Fsp3) is 0.143. The highest BCUT2D eigenvalue weighted by Crippen LogP contribution is 2.36. The topological polar surface area (TPSA) is 12.0 Å². The van der Waals surface area contributed by atoms with Crippen LogP contribution in [0.4, 0.5) is 18.9 Å². The smallest absolute Gasteiger partial charge is 0.149 e. The molecule has 2 aromatic carbocycles. The molecule has 0 aliphatic carbocycles. The molecular weight excluding hydrogens is 239 g/mol. The van der Waals surface area contributed by atoms with Crippen LogP contribution in [-0.2, 0) is 6.42 Å². The van der Waals surface area contributed by atoms with Gasteiger partial charge in [0.15, 0.2) is 0 Å². The van der Waals surface area contributed by atoms with Gasteiger partial charge < -0.3 is 5.32 Å². The van der Waals surface area contributed by atoms with Gasteiger partial charge in [-0.05, 0) is 35.7 Å². The summed E-state index contributed by atoms with van der Waals surface area (Å²) in [7, 11) is 0. The zero-order valence-corrected chi connectivity index (χ0v) is 9.38. The molecule has 0 fully saturated rings. The van der Waals surface area contributed by atoms with Crippen molar-refractivity contribution in [2.45, 2.75) is 12.5 Å². The van der Waals surface area contributed by atoms with Crippen LogP contribution in [0.25, 0.3) is 0 Å². The van der Waals surface area contributed by atoms with E-state index in [-0.39, 0.29) is 11.9 Å². The largest absolute Gasteiger partial charge is 0.375 e. The van der Waals surface area contributed by atoms with Crippen molar-refractivity contribution < 1.29 is 13.2 Å². The van der Waals surface area contributed by atoms with E-state index in [1.807, 2.05) is 0 Å². The third kappa shape index (κ3) is 1.83. The molecule has 0 amide bonds. The normalized spacial score (nSPS) is 17.4. The first kappa shape index (κ1) is 11.1. The summed E-state index contributed by atoms with van der Waals surface area (Å²) in [6.45, 7) is 0. The van der Waals surface area contributed by atoms with E-state index in [1.54, 1.807) is 12.1 Å². The lowest BCUT2D eigenvalue weighted by Crippen LogP contribution is -2.05. The molecule has 1 aliphatic rings. The van der Waals surface area contributed by atoms with Gasteiger partial charge in [-0.1, -0.05) is 12.1 Å². The molecule has 3 rings (SSSR count). The average molecular weight is 249 g/mol. The lowest BCUT2D eigenvalue weighted by Gasteiger charge is -2.11. The number of hydrogen-bond acceptors (Lipinski definition) is 1. The molecule has 0 aromatic heterocycles. The van der Waals surface area contributed by atoms with Crippen molar-refractivity contribution in [1.82, 2.24) is 0 Å². The van der Waals surface area contributed by atoms with Gasteiger partial charge in [0.2, 0.25) is 0 Å². The number of halogens is 3. The second kappa shape index (κ2) is 4.05. The number of anilines is 1. The van der Waals surface area contributed by atoms with Crippen LogP contribution in [0.3, 0.4) is 0 Å². The molecule has 4 heteroatoms. The van der Waals surface area contributed by atoms with Crippen molar-refractivity contribution in [3.8, 4) is 0 Å². The number of fused-ring (bicyclic) bond motifs is 1. The monoisotopic (exact) mass is 249 g/mol. The molecule has 0 saturated carbocycles. The molecule has 1 aliphatic heterocycles. The molecule has 0 saturated heterocycles. The van der Waals surface area contributed by atoms with Crippen LogP contribution in [0, 0.1) is 17.5 Å². The first-order valence-electron chi connectivity index (χ1n) is 5.63. The van der Waals surface area contributed by atoms with E-state index in [2.05, 4.69) is 5.32 Å². The zero-order valence-electron chi connectivity index (χ0n) is 9.38. The molecular formula is C14H10F3N. The summed E-state index contributed by atoms with van der Waals surface area (Å²) in [6.07, 6.45) is 0.496. The van der Waals surface area contributed by atoms with Crippen molar-refractivity contribution in [3.05, 3.63) is 65.0 Å². The minimum atomic E-state index is -0.588. The van der Waals surface area contributed by atoms with Gasteiger partial charge >= 0.3 is 0 Å². The lowest BCUT2D eigenvalue weighted by molar-refractivity contribution is 0.585. The molecule has 1 heterocycles. The van der Waals surface area contributed by atoms with Crippen LogP contribution in [0.1, 0.15) is 17.2 Å². The van der Waals surface area contributed by atoms with Crippen LogP contribution in [0.5, 0.6) is 0 Å². The Bertz CT molecular complexity index is 593. The Labute approximate surface area is 102 Å². The van der Waals surface area contributed by atoms with E-state index >= 15 is 0 Å². The molecule has 0 radical (unpaired) electrons. The van der Waals surface area contributed by atoms with E-state index in [0.29, 0.717) is 17.7 Å². The zero-order chi connectivity index (χ0) is 12.7. The third-order valence-electron chi connectivity index (χ3n) is 3.15. The first-order chi connectivity index (χ1) is 8.63. The van der Waals surface area contributed by atoms with Crippen LogP contribution in [0.15, 0.2) is 36.4 Å². The van der Waals surface area contributed by atoms with Gasteiger partial charge in [-0.25, -0.2) is 13.2 Å². The molecule has 1 unspecified atom stereocenters. The van der Waals surface area contributed by atoms with Crippen LogP contribution >= 0.6 is 0 Å². The Morgan fingerprint density at radius 3 is 2.39 bits per heavy atom. The quantitative estimate of drug-likeness (QED) is 0.810. The van der Waals surface area contributed by atoms with E-state index in [0.717, 1.165) is 11.6 Å². The van der Waals surface area contributed by atoms with Gasteiger partial charge in [0.1, 0.15) is 17.5 Å². The van der Waals surface area contributed by atoms with Gasteiger partial charge in [-0.15, -0.1) is 0 Å². The van der Waals surface area contributed by atoms with Crippen LogP contribution in [-0.4, -0.2) is 0 Å². The molecule has 0 spiro atoms. The number of benzene rings is 2. The molecule has 18 heavy (non-hydrogen) atoms. The third-order valence-corrected chi connectivity index (χ3v) is 3.15. The summed E-state index contributed by atoms with van der Waals surface area (Å²) < 4.78 is 39.5. The van der Waals surface area contributed by atoms with Crippen LogP contribution in [0.2, 0.25) is 0 Å². The fourth-order valence-electron chi connectivity index (χ4n) is 2.29. The summed E-state index contributed by atoms with van der Waals surface area (Å²) in [5.74, 6) is -1.48. The predicted molar refractivity (Wildman–Crippen MR) is 62.8 cm³/mol. The standard InChI is InChI=1S/C14H10F3N/c15-10-3-1-8(2-4-10)13-6-9-5-11(16)7-12(17)14(9)18-13/h1-5,7,13,18H,6H2. The number of rotatable bonds is 1. The van der Waals surface area contributed by atoms with Crippen molar-refractivity contribution >= 4 is 5.69 Å². The highest BCUT2D eigenvalue weighted by atomic mass is 19.1. The highest BCUT2D eigenvalue weighted by molar-refractivity contribution is 5.59. The number of hydrogen-bond donors (Lipinski definition) is 1. The van der Waals surface area contributed by atoms with Crippen LogP contribution < -0.4 is 5.32 Å². The molecule has 0 bridgehead atoms. The van der Waals surface area contributed by atoms with Crippen molar-refractivity contribution in [2.75, 3.05) is 5.32 Å². The Morgan fingerprint density at radius 2 is 1.67 bits per heavy atom. The summed E-state index contributed by atoms with van der Waals surface area (Å²) in [5, 5.41) is 3.00. The van der Waals surface area contributed by atoms with Gasteiger partial charge in [0.25, 0.3) is 0 Å². The predicted octanol–water partition coefficient (Wildman–Crippen LogP) is 3.81. The highest BCUT2D eigenvalue weighted by Gasteiger charge is 2.25. The Kier molecular flexibility index (Phi) is 2.51. The summed E-state index contributed by atoms with van der Waals surface area (Å²) in [4.78, 5) is 0. The second-order valence-electron chi connectivity index (χ2n) is 4.37. The number of nitrogens with one attached hydrogen (secondary N) is 1. The molecule has 1 N–H and O–H groups in total. The van der Waals surface area contributed by atoms with E-state index < -0.39 is 11.6 Å². The minimum absolute atomic E-state index is 0.142. The average Bonchev–Trinajstić information content (AvgIpc) is 2.74. The lowest BCUT2D eigenvalue weighted by atomic mass is 10.0. The second-order valence-corrected chi connectivity index (χ2v) is 4.37. The van der Waals surface area contributed by atoms with Crippen molar-refractivity contribution in [2.24, 2.45) is 0 Å². The van der Waals surface area contributed by atoms with Gasteiger partial charge in [0.05, 0.1) is 11.7 Å². The molecule has 1 nitrogen and oxygen atoms in total. The first-order valence-corrected chi connectivity index (χ1v) is 5.63. The van der Waals surface area contributed by atoms with Gasteiger partial charge in [-0.2, -0.15) is 0 Å². The fourth-order valence-corrected chi connectivity index (χ4v) is 2.29. The Hall–Kier alpha value is -1.97.